The minimum atomic E-state index is -4.60. The Kier molecular flexibility index (Phi) is 28.8. The van der Waals surface area contributed by atoms with Gasteiger partial charge in [0.25, 0.3) is 7.82 Å². The number of unbranched alkanes of at least 4 members (excludes halogenated alkanes) is 2. The third-order valence-corrected chi connectivity index (χ3v) is 7.74. The quantitative estimate of drug-likeness (QED) is 0.0355. The number of rotatable bonds is 29. The molecule has 1 amide bonds. The molecule has 0 aromatic heterocycles. The van der Waals surface area contributed by atoms with E-state index in [4.69, 9.17) is 9.05 Å². The normalized spacial score (nSPS) is 15.9. The number of hydrogen-bond acceptors (Lipinski definition) is 6. The second kappa shape index (κ2) is 30.5. The van der Waals surface area contributed by atoms with E-state index in [2.05, 4.69) is 92.1 Å². The number of carbonyl (C=O) groups is 1. The van der Waals surface area contributed by atoms with E-state index in [0.29, 0.717) is 17.4 Å². The fraction of sp³-hybridized carbons (Fsp3) is 0.564. The third kappa shape index (κ3) is 32.0. The first kappa shape index (κ1) is 45.4. The lowest BCUT2D eigenvalue weighted by atomic mass is 10.1. The lowest BCUT2D eigenvalue weighted by molar-refractivity contribution is -0.870. The first-order chi connectivity index (χ1) is 23.0. The van der Waals surface area contributed by atoms with Crippen LogP contribution in [-0.2, 0) is 18.4 Å². The third-order valence-electron chi connectivity index (χ3n) is 6.77. The van der Waals surface area contributed by atoms with Gasteiger partial charge < -0.3 is 28.8 Å². The first-order valence-electron chi connectivity index (χ1n) is 17.6. The Bertz CT molecular complexity index is 1100. The van der Waals surface area contributed by atoms with E-state index >= 15 is 0 Å². The van der Waals surface area contributed by atoms with E-state index in [0.717, 1.165) is 64.2 Å². The summed E-state index contributed by atoms with van der Waals surface area (Å²) in [5, 5.41) is 13.5. The van der Waals surface area contributed by atoms with E-state index in [9.17, 15) is 19.4 Å². The minimum absolute atomic E-state index is 0.0265. The molecule has 0 spiro atoms. The monoisotopic (exact) mass is 688 g/mol. The summed E-state index contributed by atoms with van der Waals surface area (Å²) < 4.78 is 22.9. The van der Waals surface area contributed by atoms with Crippen LogP contribution in [0.15, 0.2) is 97.2 Å². The van der Waals surface area contributed by atoms with Gasteiger partial charge in [-0.3, -0.25) is 9.36 Å². The van der Waals surface area contributed by atoms with Crippen LogP contribution in [0.3, 0.4) is 0 Å². The Morgan fingerprint density at radius 2 is 1.21 bits per heavy atom. The van der Waals surface area contributed by atoms with Crippen molar-refractivity contribution >= 4 is 13.7 Å². The molecule has 2 N–H and O–H groups in total. The first-order valence-corrected chi connectivity index (χ1v) is 19.1. The molecule has 9 heteroatoms. The van der Waals surface area contributed by atoms with Crippen LogP contribution >= 0.6 is 7.82 Å². The van der Waals surface area contributed by atoms with E-state index in [-0.39, 0.29) is 18.9 Å². The molecule has 0 aliphatic rings. The fourth-order valence-corrected chi connectivity index (χ4v) is 4.68. The molecule has 0 bridgehead atoms. The van der Waals surface area contributed by atoms with E-state index < -0.39 is 26.6 Å². The van der Waals surface area contributed by atoms with Crippen molar-refractivity contribution in [2.45, 2.75) is 103 Å². The molecule has 0 aliphatic heterocycles. The maximum atomic E-state index is 12.7. The summed E-state index contributed by atoms with van der Waals surface area (Å²) in [7, 11) is 1.17. The number of hydrogen-bond donors (Lipinski definition) is 2. The molecular formula is C39H65N2O6P. The average Bonchev–Trinajstić information content (AvgIpc) is 3.02. The number of nitrogens with zero attached hydrogens (tertiary/aromatic N) is 1. The predicted molar refractivity (Wildman–Crippen MR) is 200 cm³/mol. The van der Waals surface area contributed by atoms with Crippen LogP contribution in [0.4, 0.5) is 0 Å². The highest BCUT2D eigenvalue weighted by Gasteiger charge is 2.23. The van der Waals surface area contributed by atoms with Crippen LogP contribution < -0.4 is 10.2 Å². The maximum Gasteiger partial charge on any atom is 0.268 e. The molecule has 0 rings (SSSR count). The van der Waals surface area contributed by atoms with Gasteiger partial charge in [0.2, 0.25) is 5.91 Å². The van der Waals surface area contributed by atoms with Crippen molar-refractivity contribution in [2.75, 3.05) is 40.9 Å². The molecule has 3 unspecified atom stereocenters. The molecule has 0 saturated heterocycles. The molecular weight excluding hydrogens is 623 g/mol. The number of nitrogens with one attached hydrogen (secondary N) is 1. The summed E-state index contributed by atoms with van der Waals surface area (Å²) in [6, 6.07) is -0.945. The molecule has 48 heavy (non-hydrogen) atoms. The number of aliphatic hydroxyl groups excluding tert-OH is 1. The van der Waals surface area contributed by atoms with Crippen molar-refractivity contribution in [2.24, 2.45) is 0 Å². The zero-order chi connectivity index (χ0) is 35.8. The average molecular weight is 689 g/mol. The van der Waals surface area contributed by atoms with Crippen LogP contribution in [0, 0.1) is 0 Å². The maximum absolute atomic E-state index is 12.7. The number of phosphoric ester groups is 1. The van der Waals surface area contributed by atoms with Crippen LogP contribution in [0.5, 0.6) is 0 Å². The number of aliphatic hydroxyl groups is 1. The van der Waals surface area contributed by atoms with E-state index in [1.165, 1.54) is 0 Å². The van der Waals surface area contributed by atoms with Gasteiger partial charge in [-0.1, -0.05) is 117 Å². The van der Waals surface area contributed by atoms with Crippen LogP contribution in [0.25, 0.3) is 0 Å². The molecule has 0 fully saturated rings. The van der Waals surface area contributed by atoms with E-state index in [1.54, 1.807) is 6.08 Å². The minimum Gasteiger partial charge on any atom is -0.756 e. The highest BCUT2D eigenvalue weighted by Crippen LogP contribution is 2.38. The van der Waals surface area contributed by atoms with Gasteiger partial charge in [-0.2, -0.15) is 0 Å². The molecule has 272 valence electrons. The molecule has 0 aromatic rings. The number of allylic oxidation sites excluding steroid dienone is 15. The largest absolute Gasteiger partial charge is 0.756 e. The summed E-state index contributed by atoms with van der Waals surface area (Å²) in [5.74, 6) is -0.301. The highest BCUT2D eigenvalue weighted by molar-refractivity contribution is 7.45. The van der Waals surface area contributed by atoms with Crippen LogP contribution in [0.2, 0.25) is 0 Å². The zero-order valence-electron chi connectivity index (χ0n) is 30.4. The Morgan fingerprint density at radius 3 is 1.73 bits per heavy atom. The number of phosphoric acid groups is 1. The predicted octanol–water partition coefficient (Wildman–Crippen LogP) is 8.21. The highest BCUT2D eigenvalue weighted by atomic mass is 31.2. The van der Waals surface area contributed by atoms with Crippen LogP contribution in [0.1, 0.15) is 90.9 Å². The summed E-state index contributed by atoms with van der Waals surface area (Å²) >= 11 is 0. The molecule has 8 nitrogen and oxygen atoms in total. The molecule has 0 saturated carbocycles. The number of carbonyl (C=O) groups excluding carboxylic acids is 1. The molecule has 0 radical (unpaired) electrons. The van der Waals surface area contributed by atoms with Gasteiger partial charge in [0.05, 0.1) is 39.9 Å². The Labute approximate surface area is 292 Å². The van der Waals surface area contributed by atoms with E-state index in [1.807, 2.05) is 39.4 Å². The Morgan fingerprint density at radius 1 is 0.729 bits per heavy atom. The SMILES string of the molecule is CC/C=C\C/C=C\C/C=C\C/C=C\C/C=C\C/C=C\CCC(=O)NC(COP(=O)([O-])OCC[N+](C)(C)C)C(O)/C=C/CC/C=C/CCC. The summed E-state index contributed by atoms with van der Waals surface area (Å²) in [6.45, 7) is 4.28. The van der Waals surface area contributed by atoms with Crippen molar-refractivity contribution in [3.63, 3.8) is 0 Å². The summed E-state index contributed by atoms with van der Waals surface area (Å²) in [6.07, 6.45) is 42.1. The fourth-order valence-electron chi connectivity index (χ4n) is 3.96. The second-order valence-electron chi connectivity index (χ2n) is 12.5. The molecule has 0 heterocycles. The summed E-state index contributed by atoms with van der Waals surface area (Å²) in [4.78, 5) is 25.0. The number of likely N-dealkylation sites (N-methyl/N-ethyl adjacent to an activating group) is 1. The van der Waals surface area contributed by atoms with Gasteiger partial charge in [0.15, 0.2) is 0 Å². The van der Waals surface area contributed by atoms with Crippen molar-refractivity contribution in [1.29, 1.82) is 0 Å². The zero-order valence-corrected chi connectivity index (χ0v) is 31.3. The van der Waals surface area contributed by atoms with Gasteiger partial charge in [-0.25, -0.2) is 0 Å². The smallest absolute Gasteiger partial charge is 0.268 e. The summed E-state index contributed by atoms with van der Waals surface area (Å²) in [5.41, 5.74) is 0. The second-order valence-corrected chi connectivity index (χ2v) is 13.9. The van der Waals surface area contributed by atoms with Gasteiger partial charge in [-0.05, 0) is 64.2 Å². The van der Waals surface area contributed by atoms with Crippen molar-refractivity contribution in [1.82, 2.24) is 5.32 Å². The van der Waals surface area contributed by atoms with Crippen molar-refractivity contribution in [3.8, 4) is 0 Å². The topological polar surface area (TPSA) is 108 Å². The molecule has 0 aliphatic carbocycles. The van der Waals surface area contributed by atoms with Crippen molar-refractivity contribution < 1.29 is 32.9 Å². The van der Waals surface area contributed by atoms with Gasteiger partial charge in [-0.15, -0.1) is 0 Å². The Hall–Kier alpha value is -2.58. The lowest BCUT2D eigenvalue weighted by Crippen LogP contribution is -2.45. The van der Waals surface area contributed by atoms with Crippen molar-refractivity contribution in [3.05, 3.63) is 97.2 Å². The molecule has 0 aromatic carbocycles. The number of quaternary nitrogens is 1. The standard InChI is InChI=1S/C39H65N2O6P/c1-6-8-10-12-14-15-16-17-18-19-20-21-22-23-24-25-27-29-31-33-39(43)40-37(38(42)32-30-28-26-13-11-9-7-2)36-47-48(44,45)46-35-34-41(3,4)5/h8,10-11,13-15,17-18,20-21,23-24,27,29-30,32,37-38,42H,6-7,9,12,16,19,22,25-26,28,31,33-36H2,1-5H3,(H-,40,43,44,45)/b10-8-,13-11+,15-14-,18-17-,21-20-,24-23-,29-27-,32-30+. The van der Waals surface area contributed by atoms with Gasteiger partial charge in [0.1, 0.15) is 13.2 Å². The van der Waals surface area contributed by atoms with Gasteiger partial charge in [0, 0.05) is 6.42 Å². The number of amides is 1. The van der Waals surface area contributed by atoms with Crippen LogP contribution in [-0.4, -0.2) is 68.5 Å². The Balaban J connectivity index is 4.63. The van der Waals surface area contributed by atoms with Gasteiger partial charge >= 0.3 is 0 Å². The molecule has 3 atom stereocenters. The lowest BCUT2D eigenvalue weighted by Gasteiger charge is -2.29.